The molecular formula is C27H28ClN3O3. The van der Waals surface area contributed by atoms with Gasteiger partial charge in [0.05, 0.1) is 16.8 Å². The molecule has 176 valence electrons. The second kappa shape index (κ2) is 10.1. The Bertz CT molecular complexity index is 1250. The van der Waals surface area contributed by atoms with Gasteiger partial charge < -0.3 is 15.2 Å². The van der Waals surface area contributed by atoms with Crippen molar-refractivity contribution in [1.29, 1.82) is 0 Å². The molecule has 0 spiro atoms. The number of benzene rings is 1. The van der Waals surface area contributed by atoms with E-state index in [1.54, 1.807) is 35.2 Å². The summed E-state index contributed by atoms with van der Waals surface area (Å²) in [6.07, 6.45) is 9.90. The molecule has 1 saturated carbocycles. The van der Waals surface area contributed by atoms with Gasteiger partial charge >= 0.3 is 0 Å². The second-order valence-electron chi connectivity index (χ2n) is 8.98. The first-order valence-electron chi connectivity index (χ1n) is 11.8. The number of aromatic nitrogens is 2. The maximum atomic E-state index is 12.8. The molecule has 7 heteroatoms. The summed E-state index contributed by atoms with van der Waals surface area (Å²) in [5.41, 5.74) is 5.26. The topological polar surface area (TPSA) is 76.4 Å². The lowest BCUT2D eigenvalue weighted by molar-refractivity contribution is 0.148. The fraction of sp³-hybridized carbons (Fsp3) is 0.333. The molecule has 3 aromatic rings. The predicted octanol–water partition coefficient (Wildman–Crippen LogP) is 4.42. The van der Waals surface area contributed by atoms with E-state index in [9.17, 15) is 9.90 Å². The highest BCUT2D eigenvalue weighted by Gasteiger charge is 2.24. The first-order valence-corrected chi connectivity index (χ1v) is 12.1. The first-order chi connectivity index (χ1) is 16.5. The average molecular weight is 478 g/mol. The third-order valence-electron chi connectivity index (χ3n) is 6.60. The van der Waals surface area contributed by atoms with Crippen molar-refractivity contribution in [2.24, 2.45) is 0 Å². The number of nitrogens with one attached hydrogen (secondary N) is 1. The summed E-state index contributed by atoms with van der Waals surface area (Å²) in [5, 5.41) is 14.1. The third kappa shape index (κ3) is 5.25. The van der Waals surface area contributed by atoms with E-state index in [4.69, 9.17) is 16.3 Å². The van der Waals surface area contributed by atoms with Crippen LogP contribution >= 0.6 is 11.6 Å². The molecule has 34 heavy (non-hydrogen) atoms. The smallest absolute Gasteiger partial charge is 0.258 e. The van der Waals surface area contributed by atoms with Crippen LogP contribution in [-0.4, -0.2) is 26.8 Å². The van der Waals surface area contributed by atoms with Crippen LogP contribution in [0.3, 0.4) is 0 Å². The lowest BCUT2D eigenvalue weighted by Crippen LogP contribution is -2.35. The van der Waals surface area contributed by atoms with Crippen LogP contribution in [0.15, 0.2) is 59.7 Å². The van der Waals surface area contributed by atoms with Gasteiger partial charge in [-0.2, -0.15) is 0 Å². The van der Waals surface area contributed by atoms with Crippen LogP contribution in [0.5, 0.6) is 5.75 Å². The zero-order valence-corrected chi connectivity index (χ0v) is 19.7. The number of fused-ring (bicyclic) bond motifs is 1. The van der Waals surface area contributed by atoms with Crippen molar-refractivity contribution in [3.63, 3.8) is 0 Å². The summed E-state index contributed by atoms with van der Waals surface area (Å²) in [6, 6.07) is 13.6. The van der Waals surface area contributed by atoms with Crippen molar-refractivity contribution >= 4 is 23.4 Å². The van der Waals surface area contributed by atoms with Crippen molar-refractivity contribution in [3.05, 3.63) is 92.6 Å². The molecule has 2 aliphatic carbocycles. The molecule has 6 nitrogen and oxygen atoms in total. The van der Waals surface area contributed by atoms with E-state index >= 15 is 0 Å². The predicted molar refractivity (Wildman–Crippen MR) is 134 cm³/mol. The minimum atomic E-state index is -0.229. The van der Waals surface area contributed by atoms with Gasteiger partial charge in [0.1, 0.15) is 12.4 Å². The second-order valence-corrected chi connectivity index (χ2v) is 9.42. The highest BCUT2D eigenvalue weighted by Crippen LogP contribution is 2.28. The van der Waals surface area contributed by atoms with E-state index in [-0.39, 0.29) is 24.3 Å². The van der Waals surface area contributed by atoms with E-state index in [2.05, 4.69) is 34.6 Å². The third-order valence-corrected chi connectivity index (χ3v) is 6.83. The lowest BCUT2D eigenvalue weighted by Gasteiger charge is -2.20. The number of ether oxygens (including phenoxy) is 1. The molecule has 2 atom stereocenters. The summed E-state index contributed by atoms with van der Waals surface area (Å²) in [5.74, 6) is 0.513. The van der Waals surface area contributed by atoms with E-state index in [0.29, 0.717) is 10.8 Å². The number of aliphatic hydroxyl groups excluding tert-OH is 1. The molecule has 1 aromatic carbocycles. The fourth-order valence-corrected chi connectivity index (χ4v) is 4.81. The number of pyridine rings is 2. The highest BCUT2D eigenvalue weighted by molar-refractivity contribution is 6.30. The van der Waals surface area contributed by atoms with Crippen LogP contribution in [0.2, 0.25) is 5.02 Å². The SMILES string of the molecule is O=c1cc(OCc2ccc(Cl)cn2)ccn1C1=Cc2ccc(CN[C@H]3CCC[C@H]3O)cc2CC1. The van der Waals surface area contributed by atoms with Crippen LogP contribution in [0.4, 0.5) is 0 Å². The van der Waals surface area contributed by atoms with Gasteiger partial charge in [-0.25, -0.2) is 0 Å². The van der Waals surface area contributed by atoms with E-state index in [0.717, 1.165) is 55.6 Å². The van der Waals surface area contributed by atoms with Gasteiger partial charge in [-0.15, -0.1) is 0 Å². The summed E-state index contributed by atoms with van der Waals surface area (Å²) in [6.45, 7) is 1.03. The molecule has 5 rings (SSSR count). The minimum absolute atomic E-state index is 0.118. The lowest BCUT2D eigenvalue weighted by atomic mass is 9.93. The quantitative estimate of drug-likeness (QED) is 0.526. The van der Waals surface area contributed by atoms with Gasteiger partial charge in [0.2, 0.25) is 0 Å². The molecule has 1 fully saturated rings. The van der Waals surface area contributed by atoms with Crippen LogP contribution in [0, 0.1) is 0 Å². The van der Waals surface area contributed by atoms with Crippen LogP contribution < -0.4 is 15.6 Å². The van der Waals surface area contributed by atoms with Crippen molar-refractivity contribution in [2.75, 3.05) is 0 Å². The van der Waals surface area contributed by atoms with Crippen molar-refractivity contribution in [2.45, 2.75) is 57.4 Å². The number of aliphatic hydroxyl groups is 1. The van der Waals surface area contributed by atoms with Crippen molar-refractivity contribution < 1.29 is 9.84 Å². The molecule has 0 bridgehead atoms. The van der Waals surface area contributed by atoms with Gasteiger partial charge in [-0.05, 0) is 73.1 Å². The maximum Gasteiger partial charge on any atom is 0.258 e. The van der Waals surface area contributed by atoms with E-state index in [1.165, 1.54) is 17.2 Å². The molecule has 2 N–H and O–H groups in total. The summed E-state index contributed by atoms with van der Waals surface area (Å²) >= 11 is 5.86. The molecule has 0 aliphatic heterocycles. The van der Waals surface area contributed by atoms with E-state index < -0.39 is 0 Å². The maximum absolute atomic E-state index is 12.8. The Morgan fingerprint density at radius 1 is 1.15 bits per heavy atom. The normalized spacial score (nSPS) is 19.5. The summed E-state index contributed by atoms with van der Waals surface area (Å²) in [7, 11) is 0. The number of allylic oxidation sites excluding steroid dienone is 1. The van der Waals surface area contributed by atoms with Crippen LogP contribution in [0.1, 0.15) is 48.1 Å². The molecular weight excluding hydrogens is 450 g/mol. The molecule has 2 aromatic heterocycles. The number of hydrogen-bond acceptors (Lipinski definition) is 5. The minimum Gasteiger partial charge on any atom is -0.487 e. The Morgan fingerprint density at radius 3 is 2.82 bits per heavy atom. The number of aryl methyl sites for hydroxylation is 1. The highest BCUT2D eigenvalue weighted by atomic mass is 35.5. The van der Waals surface area contributed by atoms with Gasteiger partial charge in [-0.1, -0.05) is 29.8 Å². The Hall–Kier alpha value is -2.93. The van der Waals surface area contributed by atoms with Crippen molar-refractivity contribution in [3.8, 4) is 5.75 Å². The van der Waals surface area contributed by atoms with E-state index in [1.807, 2.05) is 0 Å². The molecule has 0 saturated heterocycles. The largest absolute Gasteiger partial charge is 0.487 e. The molecule has 0 amide bonds. The van der Waals surface area contributed by atoms with Crippen LogP contribution in [0.25, 0.3) is 11.8 Å². The Balaban J connectivity index is 1.25. The number of hydrogen-bond donors (Lipinski definition) is 2. The Morgan fingerprint density at radius 2 is 2.06 bits per heavy atom. The van der Waals surface area contributed by atoms with Crippen molar-refractivity contribution in [1.82, 2.24) is 14.9 Å². The number of halogens is 1. The average Bonchev–Trinajstić information content (AvgIpc) is 3.26. The fourth-order valence-electron chi connectivity index (χ4n) is 4.70. The van der Waals surface area contributed by atoms with Gasteiger partial charge in [-0.3, -0.25) is 14.3 Å². The Kier molecular flexibility index (Phi) is 6.81. The zero-order valence-electron chi connectivity index (χ0n) is 18.9. The van der Waals surface area contributed by atoms with Gasteiger partial charge in [0.25, 0.3) is 5.56 Å². The first kappa shape index (κ1) is 22.8. The molecule has 2 aliphatic rings. The van der Waals surface area contributed by atoms with Gasteiger partial charge in [0.15, 0.2) is 0 Å². The summed E-state index contributed by atoms with van der Waals surface area (Å²) < 4.78 is 7.42. The molecule has 0 unspecified atom stereocenters. The molecule has 0 radical (unpaired) electrons. The zero-order chi connectivity index (χ0) is 23.5. The Labute approximate surface area is 203 Å². The number of rotatable bonds is 7. The number of nitrogens with zero attached hydrogens (tertiary/aromatic N) is 2. The standard InChI is InChI=1S/C27H28ClN3O3/c28-21-7-8-22(29-16-21)17-34-24-10-11-31(27(33)14-24)23-9-6-19-12-18(4-5-20(19)13-23)15-30-25-2-1-3-26(25)32/h4-5,7-8,10-14,16,25-26,30,32H,1-3,6,9,15,17H2/t25-,26+/m0/s1. The monoisotopic (exact) mass is 477 g/mol. The van der Waals surface area contributed by atoms with Gasteiger partial charge in [0, 0.05) is 36.7 Å². The summed E-state index contributed by atoms with van der Waals surface area (Å²) in [4.78, 5) is 17.0. The molecule has 2 heterocycles. The van der Waals surface area contributed by atoms with Crippen LogP contribution in [-0.2, 0) is 19.6 Å².